The lowest BCUT2D eigenvalue weighted by Gasteiger charge is -2.19. The van der Waals surface area contributed by atoms with Crippen molar-refractivity contribution in [3.8, 4) is 0 Å². The van der Waals surface area contributed by atoms with E-state index in [2.05, 4.69) is 0 Å². The molecule has 0 aliphatic carbocycles. The van der Waals surface area contributed by atoms with Crippen molar-refractivity contribution in [1.29, 1.82) is 0 Å². The van der Waals surface area contributed by atoms with Crippen molar-refractivity contribution in [3.05, 3.63) is 35.4 Å². The summed E-state index contributed by atoms with van der Waals surface area (Å²) >= 11 is 0. The summed E-state index contributed by atoms with van der Waals surface area (Å²) in [5.41, 5.74) is 6.04. The molecule has 0 saturated carbocycles. The van der Waals surface area contributed by atoms with E-state index >= 15 is 0 Å². The Kier molecular flexibility index (Phi) is 2.38. The molecule has 3 nitrogen and oxygen atoms in total. The first-order valence-corrected chi connectivity index (χ1v) is 4.04. The standard InChI is InChI=1S/C10H13NO2/c1-7-3-5-8(6-4-7)10(2,11)9(12)13/h3-6H,11H2,1-2H3,(H,12,13). The van der Waals surface area contributed by atoms with Gasteiger partial charge in [-0.05, 0) is 19.4 Å². The van der Waals surface area contributed by atoms with Crippen molar-refractivity contribution >= 4 is 5.97 Å². The van der Waals surface area contributed by atoms with Gasteiger partial charge in [0, 0.05) is 0 Å². The Morgan fingerprint density at radius 1 is 1.38 bits per heavy atom. The minimum absolute atomic E-state index is 0.616. The predicted molar refractivity (Wildman–Crippen MR) is 50.4 cm³/mol. The number of nitrogens with two attached hydrogens (primary N) is 1. The summed E-state index contributed by atoms with van der Waals surface area (Å²) in [5, 5.41) is 8.84. The Balaban J connectivity index is 3.08. The van der Waals surface area contributed by atoms with Crippen molar-refractivity contribution in [2.24, 2.45) is 5.73 Å². The van der Waals surface area contributed by atoms with Gasteiger partial charge in [0.05, 0.1) is 0 Å². The molecule has 0 heterocycles. The lowest BCUT2D eigenvalue weighted by molar-refractivity contribution is -0.143. The minimum Gasteiger partial charge on any atom is -0.480 e. The topological polar surface area (TPSA) is 63.3 Å². The molecule has 0 saturated heterocycles. The molecule has 1 aromatic carbocycles. The third-order valence-electron chi connectivity index (χ3n) is 2.10. The van der Waals surface area contributed by atoms with Crippen LogP contribution < -0.4 is 5.73 Å². The molecule has 1 rings (SSSR count). The first kappa shape index (κ1) is 9.74. The zero-order valence-electron chi connectivity index (χ0n) is 7.74. The SMILES string of the molecule is Cc1ccc(C(C)(N)C(=O)O)cc1. The van der Waals surface area contributed by atoms with E-state index in [0.29, 0.717) is 5.56 Å². The van der Waals surface area contributed by atoms with Gasteiger partial charge >= 0.3 is 5.97 Å². The monoisotopic (exact) mass is 179 g/mol. The highest BCUT2D eigenvalue weighted by Crippen LogP contribution is 2.18. The highest BCUT2D eigenvalue weighted by atomic mass is 16.4. The number of hydrogen-bond acceptors (Lipinski definition) is 2. The van der Waals surface area contributed by atoms with E-state index in [-0.39, 0.29) is 0 Å². The van der Waals surface area contributed by atoms with E-state index in [1.807, 2.05) is 19.1 Å². The van der Waals surface area contributed by atoms with Gasteiger partial charge in [-0.25, -0.2) is 4.79 Å². The van der Waals surface area contributed by atoms with Crippen molar-refractivity contribution < 1.29 is 9.90 Å². The van der Waals surface area contributed by atoms with Crippen LogP contribution in [0.1, 0.15) is 18.1 Å². The number of hydrogen-bond donors (Lipinski definition) is 2. The molecule has 0 aliphatic rings. The third kappa shape index (κ3) is 1.87. The maximum atomic E-state index is 10.8. The van der Waals surface area contributed by atoms with E-state index in [0.717, 1.165) is 5.56 Å². The summed E-state index contributed by atoms with van der Waals surface area (Å²) in [6.07, 6.45) is 0. The molecule has 1 unspecified atom stereocenters. The molecular weight excluding hydrogens is 166 g/mol. The van der Waals surface area contributed by atoms with Crippen molar-refractivity contribution in [2.45, 2.75) is 19.4 Å². The molecule has 1 aromatic rings. The van der Waals surface area contributed by atoms with E-state index in [1.165, 1.54) is 6.92 Å². The van der Waals surface area contributed by atoms with Crippen molar-refractivity contribution in [1.82, 2.24) is 0 Å². The molecule has 0 spiro atoms. The quantitative estimate of drug-likeness (QED) is 0.718. The molecule has 0 bridgehead atoms. The number of carbonyl (C=O) groups is 1. The first-order valence-electron chi connectivity index (χ1n) is 4.04. The normalized spacial score (nSPS) is 15.0. The number of aliphatic carboxylic acids is 1. The van der Waals surface area contributed by atoms with Crippen molar-refractivity contribution in [2.75, 3.05) is 0 Å². The zero-order valence-corrected chi connectivity index (χ0v) is 7.74. The van der Waals surface area contributed by atoms with Gasteiger partial charge < -0.3 is 10.8 Å². The van der Waals surface area contributed by atoms with Crippen LogP contribution in [-0.4, -0.2) is 11.1 Å². The van der Waals surface area contributed by atoms with Crippen LogP contribution in [0.25, 0.3) is 0 Å². The van der Waals surface area contributed by atoms with Gasteiger partial charge in [-0.3, -0.25) is 0 Å². The maximum Gasteiger partial charge on any atom is 0.328 e. The molecule has 3 N–H and O–H groups in total. The summed E-state index contributed by atoms with van der Waals surface area (Å²) in [5.74, 6) is -1.02. The molecule has 70 valence electrons. The van der Waals surface area contributed by atoms with Crippen LogP contribution in [0, 0.1) is 6.92 Å². The lowest BCUT2D eigenvalue weighted by Crippen LogP contribution is -2.41. The lowest BCUT2D eigenvalue weighted by atomic mass is 9.93. The molecule has 3 heteroatoms. The molecule has 0 aromatic heterocycles. The minimum atomic E-state index is -1.30. The molecule has 0 aliphatic heterocycles. The first-order chi connectivity index (χ1) is 5.94. The summed E-state index contributed by atoms with van der Waals surface area (Å²) in [4.78, 5) is 10.8. The summed E-state index contributed by atoms with van der Waals surface area (Å²) in [6.45, 7) is 3.43. The van der Waals surface area contributed by atoms with Gasteiger partial charge in [0.2, 0.25) is 0 Å². The number of benzene rings is 1. The van der Waals surface area contributed by atoms with Crippen LogP contribution in [0.4, 0.5) is 0 Å². The van der Waals surface area contributed by atoms with Crippen LogP contribution in [0.2, 0.25) is 0 Å². The average Bonchev–Trinajstić information content (AvgIpc) is 2.04. The molecule has 0 radical (unpaired) electrons. The molecular formula is C10H13NO2. The Bertz CT molecular complexity index is 314. The van der Waals surface area contributed by atoms with Gasteiger partial charge in [-0.15, -0.1) is 0 Å². The number of aryl methyl sites for hydroxylation is 1. The fourth-order valence-electron chi connectivity index (χ4n) is 1.02. The van der Waals surface area contributed by atoms with Gasteiger partial charge in [-0.1, -0.05) is 29.8 Å². The molecule has 0 fully saturated rings. The molecule has 13 heavy (non-hydrogen) atoms. The van der Waals surface area contributed by atoms with Gasteiger partial charge in [0.15, 0.2) is 0 Å². The van der Waals surface area contributed by atoms with Crippen LogP contribution in [0.15, 0.2) is 24.3 Å². The van der Waals surface area contributed by atoms with Crippen LogP contribution in [-0.2, 0) is 10.3 Å². The Hall–Kier alpha value is -1.35. The average molecular weight is 179 g/mol. The second kappa shape index (κ2) is 3.18. The summed E-state index contributed by atoms with van der Waals surface area (Å²) < 4.78 is 0. The second-order valence-electron chi connectivity index (χ2n) is 3.37. The van der Waals surface area contributed by atoms with Crippen LogP contribution in [0.5, 0.6) is 0 Å². The van der Waals surface area contributed by atoms with Crippen molar-refractivity contribution in [3.63, 3.8) is 0 Å². The van der Waals surface area contributed by atoms with Gasteiger partial charge in [0.1, 0.15) is 5.54 Å². The van der Waals surface area contributed by atoms with Crippen LogP contribution in [0.3, 0.4) is 0 Å². The zero-order chi connectivity index (χ0) is 10.1. The van der Waals surface area contributed by atoms with E-state index in [4.69, 9.17) is 10.8 Å². The number of carboxylic acids is 1. The largest absolute Gasteiger partial charge is 0.480 e. The Labute approximate surface area is 77.2 Å². The summed E-state index contributed by atoms with van der Waals surface area (Å²) in [7, 11) is 0. The molecule has 1 atom stereocenters. The number of rotatable bonds is 2. The molecule has 0 amide bonds. The second-order valence-corrected chi connectivity index (χ2v) is 3.37. The Morgan fingerprint density at radius 3 is 2.23 bits per heavy atom. The maximum absolute atomic E-state index is 10.8. The van der Waals surface area contributed by atoms with Crippen LogP contribution >= 0.6 is 0 Å². The van der Waals surface area contributed by atoms with E-state index < -0.39 is 11.5 Å². The van der Waals surface area contributed by atoms with Gasteiger partial charge in [0.25, 0.3) is 0 Å². The third-order valence-corrected chi connectivity index (χ3v) is 2.10. The summed E-state index contributed by atoms with van der Waals surface area (Å²) in [6, 6.07) is 7.18. The van der Waals surface area contributed by atoms with E-state index in [1.54, 1.807) is 12.1 Å². The fraction of sp³-hybridized carbons (Fsp3) is 0.300. The smallest absolute Gasteiger partial charge is 0.328 e. The highest BCUT2D eigenvalue weighted by Gasteiger charge is 2.29. The van der Waals surface area contributed by atoms with E-state index in [9.17, 15) is 4.79 Å². The Morgan fingerprint density at radius 2 is 1.85 bits per heavy atom. The van der Waals surface area contributed by atoms with Gasteiger partial charge in [-0.2, -0.15) is 0 Å². The number of carboxylic acid groups (broad SMARTS) is 1. The fourth-order valence-corrected chi connectivity index (χ4v) is 1.02. The predicted octanol–water partition coefficient (Wildman–Crippen LogP) is 1.25. The highest BCUT2D eigenvalue weighted by molar-refractivity contribution is 5.79.